The summed E-state index contributed by atoms with van der Waals surface area (Å²) < 4.78 is 4.88. The summed E-state index contributed by atoms with van der Waals surface area (Å²) >= 11 is 2.71. The van der Waals surface area contributed by atoms with Gasteiger partial charge in [0, 0.05) is 4.88 Å². The monoisotopic (exact) mass is 306 g/mol. The van der Waals surface area contributed by atoms with Gasteiger partial charge in [-0.05, 0) is 22.9 Å². The number of nitrogens with one attached hydrogen (secondary N) is 1. The number of hydrogen-bond acceptors (Lipinski definition) is 6. The second-order valence-electron chi connectivity index (χ2n) is 3.74. The molecular formula is C13H10N2O3S2. The lowest BCUT2D eigenvalue weighted by atomic mass is 10.3. The largest absolute Gasteiger partial charge is 0.455 e. The second-order valence-corrected chi connectivity index (χ2v) is 5.69. The van der Waals surface area contributed by atoms with E-state index in [4.69, 9.17) is 10.00 Å². The summed E-state index contributed by atoms with van der Waals surface area (Å²) in [7, 11) is 0. The molecule has 0 bridgehead atoms. The number of amides is 1. The van der Waals surface area contributed by atoms with E-state index >= 15 is 0 Å². The van der Waals surface area contributed by atoms with Gasteiger partial charge in [0.2, 0.25) is 0 Å². The molecule has 0 radical (unpaired) electrons. The second kappa shape index (κ2) is 6.84. The van der Waals surface area contributed by atoms with Crippen molar-refractivity contribution >= 4 is 39.6 Å². The van der Waals surface area contributed by atoms with Crippen LogP contribution in [0.1, 0.15) is 10.4 Å². The Labute approximate surface area is 123 Å². The average Bonchev–Trinajstić information content (AvgIpc) is 3.07. The van der Waals surface area contributed by atoms with E-state index in [2.05, 4.69) is 5.32 Å². The van der Waals surface area contributed by atoms with Crippen LogP contribution in [0.15, 0.2) is 29.0 Å². The Balaban J connectivity index is 1.78. The quantitative estimate of drug-likeness (QED) is 0.860. The average molecular weight is 306 g/mol. The number of anilines is 1. The lowest BCUT2D eigenvalue weighted by Gasteiger charge is -2.04. The smallest absolute Gasteiger partial charge is 0.311 e. The first-order valence-electron chi connectivity index (χ1n) is 5.64. The van der Waals surface area contributed by atoms with Crippen molar-refractivity contribution in [3.05, 3.63) is 39.4 Å². The van der Waals surface area contributed by atoms with Crippen molar-refractivity contribution in [2.45, 2.75) is 6.42 Å². The Morgan fingerprint density at radius 1 is 1.30 bits per heavy atom. The number of ether oxygens (including phenoxy) is 1. The number of hydrogen-bond donors (Lipinski definition) is 1. The molecule has 0 aliphatic heterocycles. The highest BCUT2D eigenvalue weighted by molar-refractivity contribution is 7.14. The fourth-order valence-electron chi connectivity index (χ4n) is 1.41. The number of carbonyl (C=O) groups is 2. The van der Waals surface area contributed by atoms with E-state index in [1.54, 1.807) is 11.4 Å². The summed E-state index contributed by atoms with van der Waals surface area (Å²) in [6.07, 6.45) is 0.160. The normalized spacial score (nSPS) is 9.75. The summed E-state index contributed by atoms with van der Waals surface area (Å²) in [6.45, 7) is -0.354. The first-order chi connectivity index (χ1) is 9.69. The van der Waals surface area contributed by atoms with Gasteiger partial charge < -0.3 is 10.1 Å². The lowest BCUT2D eigenvalue weighted by Crippen LogP contribution is -2.21. The molecule has 0 aromatic carbocycles. The van der Waals surface area contributed by atoms with Crippen LogP contribution in [-0.2, 0) is 20.7 Å². The number of nitriles is 1. The predicted octanol–water partition coefficient (Wildman–Crippen LogP) is 2.41. The minimum absolute atomic E-state index is 0.160. The summed E-state index contributed by atoms with van der Waals surface area (Å²) in [4.78, 5) is 24.0. The van der Waals surface area contributed by atoms with Gasteiger partial charge in [-0.3, -0.25) is 9.59 Å². The van der Waals surface area contributed by atoms with Gasteiger partial charge in [0.1, 0.15) is 11.1 Å². The highest BCUT2D eigenvalue weighted by Gasteiger charge is 2.11. The van der Waals surface area contributed by atoms with Gasteiger partial charge in [0.15, 0.2) is 6.61 Å². The number of thiophene rings is 2. The van der Waals surface area contributed by atoms with Gasteiger partial charge in [0.25, 0.3) is 5.91 Å². The Kier molecular flexibility index (Phi) is 4.87. The number of carbonyl (C=O) groups excluding carboxylic acids is 2. The highest BCUT2D eigenvalue weighted by Crippen LogP contribution is 2.21. The van der Waals surface area contributed by atoms with E-state index in [9.17, 15) is 9.59 Å². The van der Waals surface area contributed by atoms with Crippen LogP contribution in [0.4, 0.5) is 5.00 Å². The van der Waals surface area contributed by atoms with Crippen LogP contribution in [0, 0.1) is 11.3 Å². The van der Waals surface area contributed by atoms with Crippen LogP contribution in [0.5, 0.6) is 0 Å². The van der Waals surface area contributed by atoms with Crippen LogP contribution < -0.4 is 5.32 Å². The zero-order chi connectivity index (χ0) is 14.4. The van der Waals surface area contributed by atoms with Crippen molar-refractivity contribution in [1.82, 2.24) is 0 Å². The predicted molar refractivity (Wildman–Crippen MR) is 76.6 cm³/mol. The first kappa shape index (κ1) is 14.2. The van der Waals surface area contributed by atoms with E-state index in [0.717, 1.165) is 4.88 Å². The first-order valence-corrected chi connectivity index (χ1v) is 7.40. The Morgan fingerprint density at radius 2 is 2.15 bits per heavy atom. The molecule has 0 atom stereocenters. The molecule has 2 heterocycles. The molecule has 0 saturated carbocycles. The van der Waals surface area contributed by atoms with Gasteiger partial charge in [-0.2, -0.15) is 5.26 Å². The molecule has 0 aliphatic carbocycles. The summed E-state index contributed by atoms with van der Waals surface area (Å²) in [5.74, 6) is -0.905. The van der Waals surface area contributed by atoms with Crippen LogP contribution in [0.2, 0.25) is 0 Å². The number of nitrogens with zero attached hydrogens (tertiary/aromatic N) is 1. The standard InChI is InChI=1S/C13H10N2O3S2/c14-7-9-3-5-20-13(9)15-11(16)8-18-12(17)6-10-2-1-4-19-10/h1-5H,6,8H2,(H,15,16). The summed E-state index contributed by atoms with van der Waals surface area (Å²) in [5, 5.41) is 15.4. The molecule has 0 unspecified atom stereocenters. The van der Waals surface area contributed by atoms with Crippen molar-refractivity contribution in [2.75, 3.05) is 11.9 Å². The summed E-state index contributed by atoms with van der Waals surface area (Å²) in [5.41, 5.74) is 0.397. The molecule has 2 aromatic heterocycles. The molecular weight excluding hydrogens is 296 g/mol. The molecule has 5 nitrogen and oxygen atoms in total. The van der Waals surface area contributed by atoms with Crippen molar-refractivity contribution in [2.24, 2.45) is 0 Å². The van der Waals surface area contributed by atoms with Crippen molar-refractivity contribution in [1.29, 1.82) is 5.26 Å². The number of esters is 1. The SMILES string of the molecule is N#Cc1ccsc1NC(=O)COC(=O)Cc1cccs1. The van der Waals surface area contributed by atoms with E-state index < -0.39 is 11.9 Å². The zero-order valence-corrected chi connectivity index (χ0v) is 11.9. The molecule has 20 heavy (non-hydrogen) atoms. The molecule has 0 spiro atoms. The molecule has 1 N–H and O–H groups in total. The van der Waals surface area contributed by atoms with Gasteiger partial charge in [-0.15, -0.1) is 22.7 Å². The third-order valence-electron chi connectivity index (χ3n) is 2.30. The third kappa shape index (κ3) is 3.91. The molecule has 2 aromatic rings. The number of rotatable bonds is 5. The van der Waals surface area contributed by atoms with E-state index in [0.29, 0.717) is 10.6 Å². The van der Waals surface area contributed by atoms with Gasteiger partial charge >= 0.3 is 5.97 Å². The maximum absolute atomic E-state index is 11.6. The molecule has 1 amide bonds. The molecule has 2 rings (SSSR count). The Hall–Kier alpha value is -2.17. The third-order valence-corrected chi connectivity index (χ3v) is 4.01. The fourth-order valence-corrected chi connectivity index (χ4v) is 2.85. The van der Waals surface area contributed by atoms with Crippen LogP contribution in [0.3, 0.4) is 0 Å². The zero-order valence-electron chi connectivity index (χ0n) is 10.3. The van der Waals surface area contributed by atoms with E-state index in [-0.39, 0.29) is 13.0 Å². The maximum Gasteiger partial charge on any atom is 0.311 e. The fraction of sp³-hybridized carbons (Fsp3) is 0.154. The van der Waals surface area contributed by atoms with E-state index in [1.807, 2.05) is 23.6 Å². The van der Waals surface area contributed by atoms with Gasteiger partial charge in [-0.25, -0.2) is 0 Å². The highest BCUT2D eigenvalue weighted by atomic mass is 32.1. The maximum atomic E-state index is 11.6. The topological polar surface area (TPSA) is 79.2 Å². The Morgan fingerprint density at radius 3 is 2.85 bits per heavy atom. The molecule has 102 valence electrons. The summed E-state index contributed by atoms with van der Waals surface area (Å²) in [6, 6.07) is 7.26. The minimum Gasteiger partial charge on any atom is -0.455 e. The van der Waals surface area contributed by atoms with Gasteiger partial charge in [-0.1, -0.05) is 6.07 Å². The van der Waals surface area contributed by atoms with Crippen molar-refractivity contribution in [3.63, 3.8) is 0 Å². The molecule has 0 aliphatic rings. The van der Waals surface area contributed by atoms with Crippen molar-refractivity contribution in [3.8, 4) is 6.07 Å². The lowest BCUT2D eigenvalue weighted by molar-refractivity contribution is -0.146. The van der Waals surface area contributed by atoms with Gasteiger partial charge in [0.05, 0.1) is 12.0 Å². The molecule has 0 saturated heterocycles. The van der Waals surface area contributed by atoms with E-state index in [1.165, 1.54) is 22.7 Å². The Bertz CT molecular complexity index is 641. The van der Waals surface area contributed by atoms with Crippen LogP contribution >= 0.6 is 22.7 Å². The minimum atomic E-state index is -0.455. The van der Waals surface area contributed by atoms with Crippen LogP contribution in [-0.4, -0.2) is 18.5 Å². The molecule has 0 fully saturated rings. The molecule has 7 heteroatoms. The van der Waals surface area contributed by atoms with Crippen LogP contribution in [0.25, 0.3) is 0 Å². The van der Waals surface area contributed by atoms with Crippen molar-refractivity contribution < 1.29 is 14.3 Å².